The van der Waals surface area contributed by atoms with Crippen LogP contribution in [0.15, 0.2) is 0 Å². The summed E-state index contributed by atoms with van der Waals surface area (Å²) in [5.41, 5.74) is 0.458. The van der Waals surface area contributed by atoms with Gasteiger partial charge in [0, 0.05) is 19.0 Å². The van der Waals surface area contributed by atoms with E-state index in [0.29, 0.717) is 11.3 Å². The van der Waals surface area contributed by atoms with Gasteiger partial charge in [0.05, 0.1) is 0 Å². The van der Waals surface area contributed by atoms with Gasteiger partial charge in [0.15, 0.2) is 0 Å². The molecular formula is C11H22N2O. The molecule has 1 aliphatic rings. The van der Waals surface area contributed by atoms with Crippen LogP contribution in [0.3, 0.4) is 0 Å². The average molecular weight is 198 g/mol. The summed E-state index contributed by atoms with van der Waals surface area (Å²) in [7, 11) is 1.87. The van der Waals surface area contributed by atoms with Crippen LogP contribution in [0.5, 0.6) is 0 Å². The maximum absolute atomic E-state index is 11.5. The molecule has 14 heavy (non-hydrogen) atoms. The Morgan fingerprint density at radius 3 is 2.57 bits per heavy atom. The van der Waals surface area contributed by atoms with Crippen molar-refractivity contribution in [3.8, 4) is 0 Å². The lowest BCUT2D eigenvalue weighted by molar-refractivity contribution is -0.124. The molecule has 1 amide bonds. The maximum Gasteiger partial charge on any atom is 0.224 e. The Kier molecular flexibility index (Phi) is 3.53. The molecule has 0 spiro atoms. The average Bonchev–Trinajstić information content (AvgIpc) is 2.70. The van der Waals surface area contributed by atoms with Crippen molar-refractivity contribution in [2.75, 3.05) is 20.1 Å². The molecule has 0 aromatic rings. The summed E-state index contributed by atoms with van der Waals surface area (Å²) in [6.07, 6.45) is 1.24. The molecule has 0 heterocycles. The third kappa shape index (κ3) is 2.98. The number of rotatable bonds is 5. The summed E-state index contributed by atoms with van der Waals surface area (Å²) in [6.45, 7) is 8.05. The lowest BCUT2D eigenvalue weighted by Gasteiger charge is -2.11. The molecule has 2 N–H and O–H groups in total. The first-order chi connectivity index (χ1) is 6.47. The second kappa shape index (κ2) is 4.30. The van der Waals surface area contributed by atoms with E-state index < -0.39 is 0 Å². The maximum atomic E-state index is 11.5. The van der Waals surface area contributed by atoms with Gasteiger partial charge in [-0.1, -0.05) is 20.8 Å². The molecule has 3 heteroatoms. The van der Waals surface area contributed by atoms with E-state index in [4.69, 9.17) is 0 Å². The highest BCUT2D eigenvalue weighted by atomic mass is 16.1. The van der Waals surface area contributed by atoms with Crippen LogP contribution >= 0.6 is 0 Å². The highest BCUT2D eigenvalue weighted by Crippen LogP contribution is 2.50. The molecule has 2 atom stereocenters. The van der Waals surface area contributed by atoms with Gasteiger partial charge in [-0.2, -0.15) is 0 Å². The van der Waals surface area contributed by atoms with Crippen LogP contribution in [0.2, 0.25) is 0 Å². The van der Waals surface area contributed by atoms with Crippen LogP contribution in [0, 0.1) is 17.3 Å². The topological polar surface area (TPSA) is 41.1 Å². The van der Waals surface area contributed by atoms with Gasteiger partial charge < -0.3 is 10.6 Å². The molecule has 0 aliphatic heterocycles. The van der Waals surface area contributed by atoms with Crippen LogP contribution in [-0.2, 0) is 4.79 Å². The van der Waals surface area contributed by atoms with Crippen molar-refractivity contribution in [3.05, 3.63) is 0 Å². The van der Waals surface area contributed by atoms with Gasteiger partial charge in [-0.3, -0.25) is 4.79 Å². The summed E-state index contributed by atoms with van der Waals surface area (Å²) >= 11 is 0. The molecule has 0 aromatic carbocycles. The highest BCUT2D eigenvalue weighted by Gasteiger charge is 2.45. The third-order valence-corrected chi connectivity index (χ3v) is 3.20. The van der Waals surface area contributed by atoms with Gasteiger partial charge in [-0.05, 0) is 24.8 Å². The molecule has 3 nitrogen and oxygen atoms in total. The fraction of sp³-hybridized carbons (Fsp3) is 0.909. The Morgan fingerprint density at radius 2 is 2.14 bits per heavy atom. The normalized spacial score (nSPS) is 25.6. The van der Waals surface area contributed by atoms with Crippen molar-refractivity contribution < 1.29 is 4.79 Å². The summed E-state index contributed by atoms with van der Waals surface area (Å²) in [6, 6.07) is 0. The fourth-order valence-electron chi connectivity index (χ4n) is 1.72. The number of nitrogens with one attached hydrogen (secondary N) is 2. The molecule has 82 valence electrons. The highest BCUT2D eigenvalue weighted by molar-refractivity contribution is 5.78. The van der Waals surface area contributed by atoms with Gasteiger partial charge in [-0.15, -0.1) is 0 Å². The number of carbonyl (C=O) groups is 1. The molecule has 0 radical (unpaired) electrons. The van der Waals surface area contributed by atoms with E-state index in [1.165, 1.54) is 6.42 Å². The molecular weight excluding hydrogens is 176 g/mol. The van der Waals surface area contributed by atoms with E-state index in [9.17, 15) is 4.79 Å². The third-order valence-electron chi connectivity index (χ3n) is 3.20. The van der Waals surface area contributed by atoms with Gasteiger partial charge in [-0.25, -0.2) is 0 Å². The first-order valence-electron chi connectivity index (χ1n) is 5.39. The standard InChI is InChI=1S/C11H22N2O/c1-8(6-12-4)10(14)13-7-9-5-11(9,2)3/h8-9,12H,5-7H2,1-4H3,(H,13,14). The van der Waals surface area contributed by atoms with Gasteiger partial charge in [0.25, 0.3) is 0 Å². The van der Waals surface area contributed by atoms with E-state index in [0.717, 1.165) is 13.1 Å². The number of hydrogen-bond acceptors (Lipinski definition) is 2. The lowest BCUT2D eigenvalue weighted by atomic mass is 10.1. The van der Waals surface area contributed by atoms with Gasteiger partial charge in [0.2, 0.25) is 5.91 Å². The van der Waals surface area contributed by atoms with E-state index in [1.807, 2.05) is 14.0 Å². The zero-order valence-corrected chi connectivity index (χ0v) is 9.68. The summed E-state index contributed by atoms with van der Waals surface area (Å²) in [4.78, 5) is 11.5. The zero-order valence-electron chi connectivity index (χ0n) is 9.68. The first-order valence-corrected chi connectivity index (χ1v) is 5.39. The van der Waals surface area contributed by atoms with Crippen LogP contribution in [0.25, 0.3) is 0 Å². The Labute approximate surface area is 86.6 Å². The Hall–Kier alpha value is -0.570. The van der Waals surface area contributed by atoms with E-state index in [-0.39, 0.29) is 11.8 Å². The largest absolute Gasteiger partial charge is 0.356 e. The van der Waals surface area contributed by atoms with Gasteiger partial charge in [0.1, 0.15) is 0 Å². The monoisotopic (exact) mass is 198 g/mol. The minimum Gasteiger partial charge on any atom is -0.356 e. The Balaban J connectivity index is 2.16. The smallest absolute Gasteiger partial charge is 0.224 e. The number of amides is 1. The molecule has 0 bridgehead atoms. The molecule has 1 aliphatic carbocycles. The molecule has 2 unspecified atom stereocenters. The van der Waals surface area contributed by atoms with E-state index in [1.54, 1.807) is 0 Å². The Morgan fingerprint density at radius 1 is 1.57 bits per heavy atom. The molecule has 1 fully saturated rings. The minimum absolute atomic E-state index is 0.0712. The first kappa shape index (κ1) is 11.5. The van der Waals surface area contributed by atoms with Crippen molar-refractivity contribution in [3.63, 3.8) is 0 Å². The molecule has 1 saturated carbocycles. The Bertz CT molecular complexity index is 213. The van der Waals surface area contributed by atoms with Crippen LogP contribution in [0.4, 0.5) is 0 Å². The van der Waals surface area contributed by atoms with Crippen LogP contribution in [-0.4, -0.2) is 26.0 Å². The predicted molar refractivity (Wildman–Crippen MR) is 58.0 cm³/mol. The van der Waals surface area contributed by atoms with E-state index in [2.05, 4.69) is 24.5 Å². The van der Waals surface area contributed by atoms with Crippen molar-refractivity contribution in [1.82, 2.24) is 10.6 Å². The van der Waals surface area contributed by atoms with E-state index >= 15 is 0 Å². The second-order valence-electron chi connectivity index (χ2n) is 5.09. The lowest BCUT2D eigenvalue weighted by Crippen LogP contribution is -2.35. The minimum atomic E-state index is 0.0712. The predicted octanol–water partition coefficient (Wildman–Crippen LogP) is 1.00. The molecule has 0 saturated heterocycles. The quantitative estimate of drug-likeness (QED) is 0.692. The van der Waals surface area contributed by atoms with Crippen molar-refractivity contribution in [2.45, 2.75) is 27.2 Å². The second-order valence-corrected chi connectivity index (χ2v) is 5.09. The van der Waals surface area contributed by atoms with Crippen molar-refractivity contribution in [1.29, 1.82) is 0 Å². The summed E-state index contributed by atoms with van der Waals surface area (Å²) in [5, 5.41) is 6.01. The van der Waals surface area contributed by atoms with Crippen LogP contribution < -0.4 is 10.6 Å². The summed E-state index contributed by atoms with van der Waals surface area (Å²) < 4.78 is 0. The van der Waals surface area contributed by atoms with Gasteiger partial charge >= 0.3 is 0 Å². The summed E-state index contributed by atoms with van der Waals surface area (Å²) in [5.74, 6) is 0.928. The zero-order chi connectivity index (χ0) is 10.8. The number of hydrogen-bond donors (Lipinski definition) is 2. The SMILES string of the molecule is CNCC(C)C(=O)NCC1CC1(C)C. The van der Waals surface area contributed by atoms with Crippen molar-refractivity contribution in [2.24, 2.45) is 17.3 Å². The van der Waals surface area contributed by atoms with Crippen LogP contribution in [0.1, 0.15) is 27.2 Å². The molecule has 0 aromatic heterocycles. The molecule has 1 rings (SSSR count). The fourth-order valence-corrected chi connectivity index (χ4v) is 1.72. The number of carbonyl (C=O) groups excluding carboxylic acids is 1. The van der Waals surface area contributed by atoms with Crippen molar-refractivity contribution >= 4 is 5.91 Å².